The van der Waals surface area contributed by atoms with Gasteiger partial charge in [-0.2, -0.15) is 0 Å². The maximum absolute atomic E-state index is 10.6. The number of rotatable bonds is 0. The van der Waals surface area contributed by atoms with Crippen LogP contribution in [0.4, 0.5) is 0 Å². The summed E-state index contributed by atoms with van der Waals surface area (Å²) in [6.07, 6.45) is 4.85. The summed E-state index contributed by atoms with van der Waals surface area (Å²) in [5.41, 5.74) is 5.40. The first-order valence-electron chi connectivity index (χ1n) is 2.75. The Morgan fingerprint density at radius 3 is 2.67 bits per heavy atom. The lowest BCUT2D eigenvalue weighted by Gasteiger charge is -2.35. The molecule has 1 aliphatic heterocycles. The Hall–Kier alpha value is -1.01. The highest BCUT2D eigenvalue weighted by molar-refractivity contribution is 5.93. The maximum Gasteiger partial charge on any atom is 0.298 e. The lowest BCUT2D eigenvalue weighted by molar-refractivity contribution is -0.129. The van der Waals surface area contributed by atoms with E-state index >= 15 is 0 Å². The first kappa shape index (κ1) is 6.12. The van der Waals surface area contributed by atoms with Crippen LogP contribution in [0.3, 0.4) is 0 Å². The monoisotopic (exact) mass is 124 g/mol. The summed E-state index contributed by atoms with van der Waals surface area (Å²) >= 11 is 0. The van der Waals surface area contributed by atoms with Crippen molar-refractivity contribution < 1.29 is 4.79 Å². The van der Waals surface area contributed by atoms with Crippen LogP contribution in [0.15, 0.2) is 0 Å². The molecule has 1 fully saturated rings. The fourth-order valence-corrected chi connectivity index (χ4v) is 0.770. The lowest BCUT2D eigenvalue weighted by atomic mass is 10.1. The summed E-state index contributed by atoms with van der Waals surface area (Å²) in [6.45, 7) is 1.23. The van der Waals surface area contributed by atoms with Crippen LogP contribution in [0.1, 0.15) is 0 Å². The zero-order chi connectivity index (χ0) is 6.85. The lowest BCUT2D eigenvalue weighted by Crippen LogP contribution is -2.57. The largest absolute Gasteiger partial charge is 0.329 e. The first-order chi connectivity index (χ1) is 4.24. The first-order valence-corrected chi connectivity index (χ1v) is 2.75. The van der Waals surface area contributed by atoms with Gasteiger partial charge in [-0.25, -0.2) is 0 Å². The highest BCUT2D eigenvalue weighted by atomic mass is 16.2. The Morgan fingerprint density at radius 2 is 2.33 bits per heavy atom. The summed E-state index contributed by atoms with van der Waals surface area (Å²) in [5, 5.41) is 0. The number of carbonyl (C=O) groups excluding carboxylic acids is 1. The SMILES string of the molecule is C#CC(=O)N1CC(N)C1. The van der Waals surface area contributed by atoms with Crippen molar-refractivity contribution in [3.63, 3.8) is 0 Å². The van der Waals surface area contributed by atoms with Crippen molar-refractivity contribution in [1.29, 1.82) is 0 Å². The molecule has 0 spiro atoms. The second-order valence-electron chi connectivity index (χ2n) is 2.11. The third-order valence-corrected chi connectivity index (χ3v) is 1.32. The standard InChI is InChI=1S/C6H8N2O/c1-2-6(9)8-3-5(7)4-8/h1,5H,3-4,7H2. The van der Waals surface area contributed by atoms with E-state index in [9.17, 15) is 4.79 Å². The van der Waals surface area contributed by atoms with E-state index in [1.54, 1.807) is 4.90 Å². The van der Waals surface area contributed by atoms with E-state index in [0.29, 0.717) is 13.1 Å². The van der Waals surface area contributed by atoms with Gasteiger partial charge in [-0.3, -0.25) is 4.79 Å². The molecular formula is C6H8N2O. The van der Waals surface area contributed by atoms with E-state index in [0.717, 1.165) is 0 Å². The van der Waals surface area contributed by atoms with Crippen LogP contribution in [0.25, 0.3) is 0 Å². The van der Waals surface area contributed by atoms with Crippen LogP contribution in [0, 0.1) is 12.3 Å². The normalized spacial score (nSPS) is 18.4. The molecule has 0 aromatic carbocycles. The Kier molecular flexibility index (Phi) is 1.41. The van der Waals surface area contributed by atoms with E-state index in [-0.39, 0.29) is 11.9 Å². The number of hydrogen-bond acceptors (Lipinski definition) is 2. The molecule has 0 unspecified atom stereocenters. The van der Waals surface area contributed by atoms with Crippen molar-refractivity contribution in [2.24, 2.45) is 5.73 Å². The zero-order valence-electron chi connectivity index (χ0n) is 5.00. The molecule has 1 saturated heterocycles. The minimum atomic E-state index is -0.253. The summed E-state index contributed by atoms with van der Waals surface area (Å²) < 4.78 is 0. The van der Waals surface area contributed by atoms with Crippen LogP contribution in [0.2, 0.25) is 0 Å². The van der Waals surface area contributed by atoms with Crippen LogP contribution >= 0.6 is 0 Å². The molecule has 3 heteroatoms. The molecule has 48 valence electrons. The number of hydrogen-bond donors (Lipinski definition) is 1. The van der Waals surface area contributed by atoms with Gasteiger partial charge in [-0.05, 0) is 5.92 Å². The quantitative estimate of drug-likeness (QED) is 0.412. The topological polar surface area (TPSA) is 46.3 Å². The second-order valence-corrected chi connectivity index (χ2v) is 2.11. The minimum absolute atomic E-state index is 0.141. The molecule has 0 aliphatic carbocycles. The fourth-order valence-electron chi connectivity index (χ4n) is 0.770. The third kappa shape index (κ3) is 1.03. The average Bonchev–Trinajstić information content (AvgIpc) is 1.79. The van der Waals surface area contributed by atoms with Crippen molar-refractivity contribution in [2.45, 2.75) is 6.04 Å². The van der Waals surface area contributed by atoms with Crippen molar-refractivity contribution in [3.8, 4) is 12.3 Å². The van der Waals surface area contributed by atoms with E-state index in [1.165, 1.54) is 0 Å². The average molecular weight is 124 g/mol. The summed E-state index contributed by atoms with van der Waals surface area (Å²) in [7, 11) is 0. The predicted molar refractivity (Wildman–Crippen MR) is 33.4 cm³/mol. The number of carbonyl (C=O) groups is 1. The van der Waals surface area contributed by atoms with Gasteiger partial charge in [0.15, 0.2) is 0 Å². The molecular weight excluding hydrogens is 116 g/mol. The highest BCUT2D eigenvalue weighted by Gasteiger charge is 2.25. The van der Waals surface area contributed by atoms with Gasteiger partial charge in [0.25, 0.3) is 5.91 Å². The van der Waals surface area contributed by atoms with E-state index in [2.05, 4.69) is 0 Å². The fraction of sp³-hybridized carbons (Fsp3) is 0.500. The molecule has 0 aromatic rings. The van der Waals surface area contributed by atoms with Gasteiger partial charge < -0.3 is 10.6 Å². The third-order valence-electron chi connectivity index (χ3n) is 1.32. The smallest absolute Gasteiger partial charge is 0.298 e. The molecule has 9 heavy (non-hydrogen) atoms. The number of terminal acetylenes is 1. The Balaban J connectivity index is 2.34. The number of likely N-dealkylation sites (tertiary alicyclic amines) is 1. The van der Waals surface area contributed by atoms with Gasteiger partial charge in [0.2, 0.25) is 0 Å². The molecule has 0 radical (unpaired) electrons. The number of amides is 1. The van der Waals surface area contributed by atoms with Crippen molar-refractivity contribution in [2.75, 3.05) is 13.1 Å². The van der Waals surface area contributed by atoms with Crippen LogP contribution in [-0.4, -0.2) is 29.9 Å². The van der Waals surface area contributed by atoms with Gasteiger partial charge in [-0.15, -0.1) is 6.42 Å². The Bertz CT molecular complexity index is 164. The van der Waals surface area contributed by atoms with Gasteiger partial charge in [-0.1, -0.05) is 0 Å². The molecule has 0 aromatic heterocycles. The molecule has 0 atom stereocenters. The molecule has 1 rings (SSSR count). The van der Waals surface area contributed by atoms with Crippen LogP contribution in [-0.2, 0) is 4.79 Å². The number of nitrogens with two attached hydrogens (primary N) is 1. The molecule has 3 nitrogen and oxygen atoms in total. The molecule has 1 aliphatic rings. The van der Waals surface area contributed by atoms with Gasteiger partial charge >= 0.3 is 0 Å². The highest BCUT2D eigenvalue weighted by Crippen LogP contribution is 2.03. The van der Waals surface area contributed by atoms with Crippen molar-refractivity contribution in [1.82, 2.24) is 4.90 Å². The van der Waals surface area contributed by atoms with E-state index in [1.807, 2.05) is 5.92 Å². The van der Waals surface area contributed by atoms with Crippen molar-refractivity contribution in [3.05, 3.63) is 0 Å². The summed E-state index contributed by atoms with van der Waals surface area (Å²) in [4.78, 5) is 12.1. The zero-order valence-corrected chi connectivity index (χ0v) is 5.00. The molecule has 1 heterocycles. The molecule has 1 amide bonds. The molecule has 2 N–H and O–H groups in total. The van der Waals surface area contributed by atoms with Gasteiger partial charge in [0.05, 0.1) is 0 Å². The van der Waals surface area contributed by atoms with Crippen molar-refractivity contribution >= 4 is 5.91 Å². The van der Waals surface area contributed by atoms with E-state index < -0.39 is 0 Å². The maximum atomic E-state index is 10.6. The van der Waals surface area contributed by atoms with Gasteiger partial charge in [0, 0.05) is 19.1 Å². The van der Waals surface area contributed by atoms with Gasteiger partial charge in [0.1, 0.15) is 0 Å². The Morgan fingerprint density at radius 1 is 1.78 bits per heavy atom. The minimum Gasteiger partial charge on any atom is -0.329 e. The van der Waals surface area contributed by atoms with Crippen LogP contribution < -0.4 is 5.73 Å². The summed E-state index contributed by atoms with van der Waals surface area (Å²) in [6, 6.07) is 0.141. The Labute approximate surface area is 53.8 Å². The van der Waals surface area contributed by atoms with E-state index in [4.69, 9.17) is 12.2 Å². The summed E-state index contributed by atoms with van der Waals surface area (Å²) in [5.74, 6) is 1.77. The number of nitrogens with zero attached hydrogens (tertiary/aromatic N) is 1. The predicted octanol–water partition coefficient (Wildman–Crippen LogP) is -1.21. The van der Waals surface area contributed by atoms with Crippen LogP contribution in [0.5, 0.6) is 0 Å². The second kappa shape index (κ2) is 2.08. The molecule has 0 saturated carbocycles. The molecule has 0 bridgehead atoms.